The molecule has 5 heteroatoms. The summed E-state index contributed by atoms with van der Waals surface area (Å²) in [5.74, 6) is 0. The number of hydrogen-bond donors (Lipinski definition) is 0. The summed E-state index contributed by atoms with van der Waals surface area (Å²) in [4.78, 5) is 0. The van der Waals surface area contributed by atoms with Gasteiger partial charge in [0.2, 0.25) is 0 Å². The van der Waals surface area contributed by atoms with Gasteiger partial charge in [-0.1, -0.05) is 64.2 Å². The maximum atomic E-state index is 10.2. The van der Waals surface area contributed by atoms with E-state index >= 15 is 0 Å². The van der Waals surface area contributed by atoms with Crippen LogP contribution in [0.3, 0.4) is 0 Å². The molecule has 116 valence electrons. The van der Waals surface area contributed by atoms with E-state index in [-0.39, 0.29) is 72.3 Å². The molecule has 0 bridgehead atoms. The molecule has 0 heterocycles. The Morgan fingerprint density at radius 1 is 0.429 bits per heavy atom. The van der Waals surface area contributed by atoms with E-state index in [0.717, 1.165) is 51.7 Å². The minimum atomic E-state index is 0. The van der Waals surface area contributed by atoms with Crippen molar-refractivity contribution >= 4 is 0 Å². The van der Waals surface area contributed by atoms with E-state index in [1.165, 1.54) is 38.5 Å². The van der Waals surface area contributed by atoms with Crippen LogP contribution in [-0.2, 0) is 4.74 Å². The second kappa shape index (κ2) is 26.8. The third kappa shape index (κ3) is 27.0. The molecule has 0 spiro atoms. The SMILES string of the molecule is [Na+].[Na+].[O-]CCCCCCCCOCCCCCCCC[O-]. The van der Waals surface area contributed by atoms with E-state index in [4.69, 9.17) is 4.74 Å². The molecule has 0 aromatic rings. The molecule has 0 aromatic carbocycles. The van der Waals surface area contributed by atoms with E-state index < -0.39 is 0 Å². The summed E-state index contributed by atoms with van der Waals surface area (Å²) in [7, 11) is 0. The minimum Gasteiger partial charge on any atom is -0.854 e. The Balaban J connectivity index is -0.00000162. The van der Waals surface area contributed by atoms with Crippen molar-refractivity contribution in [2.24, 2.45) is 0 Å². The molecule has 0 saturated heterocycles. The molecule has 0 N–H and O–H groups in total. The normalized spacial score (nSPS) is 10.0. The summed E-state index contributed by atoms with van der Waals surface area (Å²) in [5, 5.41) is 20.5. The van der Waals surface area contributed by atoms with Gasteiger partial charge >= 0.3 is 59.1 Å². The van der Waals surface area contributed by atoms with Crippen molar-refractivity contribution in [3.8, 4) is 0 Å². The smallest absolute Gasteiger partial charge is 0.854 e. The van der Waals surface area contributed by atoms with Crippen molar-refractivity contribution < 1.29 is 74.1 Å². The number of unbranched alkanes of at least 4 members (excludes halogenated alkanes) is 10. The van der Waals surface area contributed by atoms with Gasteiger partial charge in [-0.2, -0.15) is 0 Å². The molecule has 21 heavy (non-hydrogen) atoms. The molecule has 0 amide bonds. The van der Waals surface area contributed by atoms with Crippen molar-refractivity contribution in [3.63, 3.8) is 0 Å². The first kappa shape index (κ1) is 27.7. The molecule has 0 aliphatic heterocycles. The van der Waals surface area contributed by atoms with Gasteiger partial charge in [0.25, 0.3) is 0 Å². The first-order valence-electron chi connectivity index (χ1n) is 8.15. The number of rotatable bonds is 16. The van der Waals surface area contributed by atoms with Crippen LogP contribution in [-0.4, -0.2) is 26.4 Å². The van der Waals surface area contributed by atoms with Gasteiger partial charge in [0.05, 0.1) is 0 Å². The Bertz CT molecular complexity index is 144. The van der Waals surface area contributed by atoms with Gasteiger partial charge in [0, 0.05) is 13.2 Å². The van der Waals surface area contributed by atoms with Crippen LogP contribution in [0.1, 0.15) is 77.0 Å². The molecule has 0 atom stereocenters. The van der Waals surface area contributed by atoms with Gasteiger partial charge in [-0.25, -0.2) is 0 Å². The van der Waals surface area contributed by atoms with Crippen LogP contribution in [0.25, 0.3) is 0 Å². The van der Waals surface area contributed by atoms with Crippen molar-refractivity contribution in [2.45, 2.75) is 77.0 Å². The first-order chi connectivity index (χ1) is 9.41. The topological polar surface area (TPSA) is 55.3 Å². The zero-order chi connectivity index (χ0) is 14.0. The average molecular weight is 318 g/mol. The maximum Gasteiger partial charge on any atom is 1.00 e. The Morgan fingerprint density at radius 2 is 0.714 bits per heavy atom. The van der Waals surface area contributed by atoms with Crippen molar-refractivity contribution in [3.05, 3.63) is 0 Å². The molecule has 0 radical (unpaired) electrons. The molecule has 0 aromatic heterocycles. The standard InChI is InChI=1S/C16H32O3.2Na/c17-13-9-5-1-3-7-11-15-19-16-12-8-4-2-6-10-14-18;;/h1-16H2;;/q-2;2*+1. The van der Waals surface area contributed by atoms with Gasteiger partial charge < -0.3 is 14.9 Å². The Hall–Kier alpha value is 1.88. The van der Waals surface area contributed by atoms with Gasteiger partial charge in [0.15, 0.2) is 0 Å². The van der Waals surface area contributed by atoms with Crippen molar-refractivity contribution in [2.75, 3.05) is 26.4 Å². The summed E-state index contributed by atoms with van der Waals surface area (Å²) >= 11 is 0. The van der Waals surface area contributed by atoms with Crippen molar-refractivity contribution in [1.29, 1.82) is 0 Å². The Morgan fingerprint density at radius 3 is 1.05 bits per heavy atom. The van der Waals surface area contributed by atoms with E-state index in [1.807, 2.05) is 0 Å². The molecule has 3 nitrogen and oxygen atoms in total. The molecule has 0 fully saturated rings. The largest absolute Gasteiger partial charge is 1.00 e. The zero-order valence-electron chi connectivity index (χ0n) is 14.5. The molecule has 0 aliphatic carbocycles. The summed E-state index contributed by atoms with van der Waals surface area (Å²) in [5.41, 5.74) is 0. The molecule has 0 aliphatic rings. The first-order valence-corrected chi connectivity index (χ1v) is 8.15. The van der Waals surface area contributed by atoms with Crippen LogP contribution in [0.15, 0.2) is 0 Å². The quantitative estimate of drug-likeness (QED) is 0.218. The van der Waals surface area contributed by atoms with Crippen LogP contribution in [0.2, 0.25) is 0 Å². The Labute approximate surface area is 176 Å². The fraction of sp³-hybridized carbons (Fsp3) is 1.00. The van der Waals surface area contributed by atoms with Crippen LogP contribution in [0.5, 0.6) is 0 Å². The minimum absolute atomic E-state index is 0. The monoisotopic (exact) mass is 318 g/mol. The second-order valence-electron chi connectivity index (χ2n) is 5.26. The number of ether oxygens (including phenoxy) is 1. The molecule has 0 saturated carbocycles. The summed E-state index contributed by atoms with van der Waals surface area (Å²) in [6, 6.07) is 0. The van der Waals surface area contributed by atoms with E-state index in [1.54, 1.807) is 0 Å². The zero-order valence-corrected chi connectivity index (χ0v) is 18.5. The number of hydrogen-bond acceptors (Lipinski definition) is 3. The predicted octanol–water partition coefficient (Wildman–Crippen LogP) is -3.59. The molecule has 0 unspecified atom stereocenters. The summed E-state index contributed by atoms with van der Waals surface area (Å²) < 4.78 is 5.59. The van der Waals surface area contributed by atoms with Crippen LogP contribution < -0.4 is 69.3 Å². The van der Waals surface area contributed by atoms with Crippen LogP contribution >= 0.6 is 0 Å². The van der Waals surface area contributed by atoms with Gasteiger partial charge in [-0.05, 0) is 12.8 Å². The predicted molar refractivity (Wildman–Crippen MR) is 76.0 cm³/mol. The van der Waals surface area contributed by atoms with E-state index in [2.05, 4.69) is 0 Å². The summed E-state index contributed by atoms with van der Waals surface area (Å²) in [6.45, 7) is 1.94. The third-order valence-corrected chi connectivity index (χ3v) is 3.37. The molecule has 0 rings (SSSR count). The maximum absolute atomic E-state index is 10.2. The summed E-state index contributed by atoms with van der Waals surface area (Å²) in [6.07, 6.45) is 13.5. The second-order valence-corrected chi connectivity index (χ2v) is 5.26. The fourth-order valence-corrected chi connectivity index (χ4v) is 2.13. The van der Waals surface area contributed by atoms with Crippen molar-refractivity contribution in [1.82, 2.24) is 0 Å². The van der Waals surface area contributed by atoms with Crippen LogP contribution in [0, 0.1) is 0 Å². The van der Waals surface area contributed by atoms with Gasteiger partial charge in [-0.3, -0.25) is 0 Å². The van der Waals surface area contributed by atoms with E-state index in [0.29, 0.717) is 0 Å². The molecular formula is C16H32Na2O3. The molecular weight excluding hydrogens is 286 g/mol. The fourth-order valence-electron chi connectivity index (χ4n) is 2.13. The average Bonchev–Trinajstić information content (AvgIpc) is 2.43. The Kier molecular flexibility index (Phi) is 35.3. The van der Waals surface area contributed by atoms with Crippen LogP contribution in [0.4, 0.5) is 0 Å². The third-order valence-electron chi connectivity index (χ3n) is 3.37. The van der Waals surface area contributed by atoms with E-state index in [9.17, 15) is 10.2 Å². The van der Waals surface area contributed by atoms with Gasteiger partial charge in [-0.15, -0.1) is 13.2 Å². The van der Waals surface area contributed by atoms with Gasteiger partial charge in [0.1, 0.15) is 0 Å².